The summed E-state index contributed by atoms with van der Waals surface area (Å²) in [5.74, 6) is 0. The van der Waals surface area contributed by atoms with Crippen LogP contribution in [-0.4, -0.2) is 0 Å². The Morgan fingerprint density at radius 3 is 2.00 bits per heavy atom. The number of hydrogen-bond acceptors (Lipinski definition) is 1. The molecule has 0 saturated heterocycles. The van der Waals surface area contributed by atoms with Crippen LogP contribution in [0.3, 0.4) is 0 Å². The van der Waals surface area contributed by atoms with E-state index in [0.29, 0.717) is 0 Å². The fourth-order valence-corrected chi connectivity index (χ4v) is 0. The van der Waals surface area contributed by atoms with Crippen molar-refractivity contribution in [2.75, 3.05) is 0 Å². The summed E-state index contributed by atoms with van der Waals surface area (Å²) in [5.41, 5.74) is 1.93. The predicted octanol–water partition coefficient (Wildman–Crippen LogP) is 0.880. The van der Waals surface area contributed by atoms with E-state index in [1.807, 2.05) is 5.63 Å². The van der Waals surface area contributed by atoms with Crippen molar-refractivity contribution in [1.29, 1.82) is 5.26 Å². The van der Waals surface area contributed by atoms with Crippen LogP contribution in [0.15, 0.2) is 0 Å². The topological polar surface area (TPSA) is 23.8 Å². The summed E-state index contributed by atoms with van der Waals surface area (Å²) in [6.45, 7) is 0. The summed E-state index contributed by atoms with van der Waals surface area (Å²) >= 11 is 0. The monoisotopic (exact) mass is 71.0 g/mol. The maximum absolute atomic E-state index is 7.44. The second-order valence-electron chi connectivity index (χ2n) is 0.224. The summed E-state index contributed by atoms with van der Waals surface area (Å²) in [7, 11) is 3.31. The fourth-order valence-electron chi connectivity index (χ4n) is 0. The Balaban J connectivity index is 3.14. The summed E-state index contributed by atoms with van der Waals surface area (Å²) < 4.78 is 0. The summed E-state index contributed by atoms with van der Waals surface area (Å²) in [5, 5.41) is 7.44. The average Bonchev–Trinajstić information content (AvgIpc) is 1.37. The van der Waals surface area contributed by atoms with Crippen molar-refractivity contribution < 1.29 is 0 Å². The van der Waals surface area contributed by atoms with E-state index in [4.69, 9.17) is 5.26 Å². The van der Waals surface area contributed by atoms with Gasteiger partial charge >= 0.3 is 25.7 Å². The molecule has 0 unspecified atom stereocenters. The molecule has 0 N–H and O–H groups in total. The molecule has 0 amide bonds. The zero-order valence-corrected chi connectivity index (χ0v) is 2.79. The predicted molar refractivity (Wildman–Crippen MR) is 16.4 cm³/mol. The average molecular weight is 71.0 g/mol. The molecule has 0 aromatic heterocycles. The van der Waals surface area contributed by atoms with Crippen molar-refractivity contribution in [3.63, 3.8) is 0 Å². The molecule has 0 atom stereocenters. The molecule has 0 aliphatic rings. The van der Waals surface area contributed by atoms with Crippen molar-refractivity contribution in [2.45, 2.75) is 0 Å². The van der Waals surface area contributed by atoms with Crippen molar-refractivity contribution in [3.05, 3.63) is 0 Å². The normalized spacial score (nSPS) is 2.50. The van der Waals surface area contributed by atoms with Crippen LogP contribution in [0.5, 0.6) is 0 Å². The summed E-state index contributed by atoms with van der Waals surface area (Å²) in [6, 6.07) is 1.54. The Morgan fingerprint density at radius 2 is 2.00 bits per heavy atom. The van der Waals surface area contributed by atoms with Gasteiger partial charge < -0.3 is 0 Å². The molecule has 0 heterocycles. The van der Waals surface area contributed by atoms with Crippen LogP contribution in [-0.2, 0) is 0 Å². The third-order valence-corrected chi connectivity index (χ3v) is 0.150. The van der Waals surface area contributed by atoms with Crippen LogP contribution in [0.1, 0.15) is 0 Å². The molecule has 0 rings (SSSR count). The minimum atomic E-state index is 1.54. The molecular weight excluding hydrogens is 71.0 g/mol. The first-order chi connectivity index (χ1) is 1.91. The molecule has 0 bridgehead atoms. The third-order valence-electron chi connectivity index (χ3n) is 0.0500. The van der Waals surface area contributed by atoms with E-state index in [9.17, 15) is 0 Å². The zero-order chi connectivity index (χ0) is 3.41. The van der Waals surface area contributed by atoms with Crippen molar-refractivity contribution in [2.24, 2.45) is 0 Å². The molecule has 0 aliphatic heterocycles. The van der Waals surface area contributed by atoms with Crippen LogP contribution in [0.25, 0.3) is 0 Å². The van der Waals surface area contributed by atoms with E-state index in [-0.39, 0.29) is 0 Å². The SMILES string of the molecule is [15N]#[13C]C#P. The molecule has 0 saturated carbocycles. The molecule has 0 radical (unpaired) electrons. The number of hydrogen-bond donors (Lipinski definition) is 0. The van der Waals surface area contributed by atoms with Crippen molar-refractivity contribution in [1.82, 2.24) is 0 Å². The molecule has 1 nitrogen and oxygen atoms in total. The Morgan fingerprint density at radius 1 is 1.75 bits per heavy atom. The van der Waals surface area contributed by atoms with Gasteiger partial charge in [-0.25, -0.2) is 0 Å². The number of nitrogens with zero attached hydrogens (tertiary/aromatic N) is 1. The van der Waals surface area contributed by atoms with Crippen LogP contribution in [0.4, 0.5) is 0 Å². The molecule has 18 valence electrons. The first-order valence-electron chi connectivity index (χ1n) is 0.697. The molecule has 0 aliphatic carbocycles. The van der Waals surface area contributed by atoms with Gasteiger partial charge in [0.05, 0.1) is 0 Å². The molecule has 0 fully saturated rings. The maximum atomic E-state index is 7.44. The van der Waals surface area contributed by atoms with Gasteiger partial charge in [0.2, 0.25) is 0 Å². The second-order valence-corrected chi connectivity index (χ2v) is 0.447. The molecule has 0 aromatic rings. The number of rotatable bonds is 0. The van der Waals surface area contributed by atoms with Gasteiger partial charge in [-0.1, -0.05) is 0 Å². The van der Waals surface area contributed by atoms with Gasteiger partial charge in [-0.3, -0.25) is 0 Å². The number of nitriles is 1. The van der Waals surface area contributed by atoms with Crippen LogP contribution in [0, 0.1) is 17.0 Å². The van der Waals surface area contributed by atoms with E-state index in [2.05, 4.69) is 8.70 Å². The fraction of sp³-hybridized carbons (Fsp3) is 0. The molecule has 0 aromatic carbocycles. The Labute approximate surface area is 26.7 Å². The van der Waals surface area contributed by atoms with Gasteiger partial charge in [-0.2, -0.15) is 0 Å². The summed E-state index contributed by atoms with van der Waals surface area (Å²) in [6.07, 6.45) is 0. The van der Waals surface area contributed by atoms with Gasteiger partial charge in [0.15, 0.2) is 0 Å². The van der Waals surface area contributed by atoms with E-state index >= 15 is 0 Å². The molecule has 4 heavy (non-hydrogen) atoms. The first-order valence-corrected chi connectivity index (χ1v) is 1.14. The van der Waals surface area contributed by atoms with E-state index in [1.54, 1.807) is 6.07 Å². The quantitative estimate of drug-likeness (QED) is 0.236. The van der Waals surface area contributed by atoms with Gasteiger partial charge in [-0.05, 0) is 0 Å². The summed E-state index contributed by atoms with van der Waals surface area (Å²) in [4.78, 5) is 0. The first kappa shape index (κ1) is 3.70. The van der Waals surface area contributed by atoms with Crippen molar-refractivity contribution in [3.8, 4) is 11.7 Å². The Bertz CT molecular complexity index is 61.0. The third kappa shape index (κ3) is 1.70. The van der Waals surface area contributed by atoms with Gasteiger partial charge in [0.25, 0.3) is 0 Å². The Kier molecular flexibility index (Phi) is 2.50. The van der Waals surface area contributed by atoms with Gasteiger partial charge in [0, 0.05) is 0 Å². The molecule has 2 heteroatoms. The molecular formula is C2NP. The Hall–Kier alpha value is -0.300. The van der Waals surface area contributed by atoms with Crippen LogP contribution in [0.2, 0.25) is 0 Å². The van der Waals surface area contributed by atoms with E-state index < -0.39 is 0 Å². The zero-order valence-electron chi connectivity index (χ0n) is 1.89. The van der Waals surface area contributed by atoms with Gasteiger partial charge in [0.1, 0.15) is 0 Å². The standard InChI is InChI=1S/C2NP/c3-1-2-4/i1+1,3+1. The van der Waals surface area contributed by atoms with E-state index in [1.165, 1.54) is 0 Å². The van der Waals surface area contributed by atoms with Crippen LogP contribution < -0.4 is 0 Å². The van der Waals surface area contributed by atoms with Crippen molar-refractivity contribution >= 4 is 8.70 Å². The van der Waals surface area contributed by atoms with Gasteiger partial charge in [-0.15, -0.1) is 0 Å². The van der Waals surface area contributed by atoms with E-state index in [0.717, 1.165) is 0 Å². The minimum absolute atomic E-state index is 1.54. The van der Waals surface area contributed by atoms with Crippen LogP contribution >= 0.6 is 8.70 Å². The second kappa shape index (κ2) is 2.70. The molecule has 0 spiro atoms.